The maximum atomic E-state index is 9.75. The molecule has 0 bridgehead atoms. The molecule has 0 spiro atoms. The van der Waals surface area contributed by atoms with Gasteiger partial charge in [-0.25, -0.2) is 0 Å². The summed E-state index contributed by atoms with van der Waals surface area (Å²) in [7, 11) is 1.67. The van der Waals surface area contributed by atoms with Crippen LogP contribution in [0.3, 0.4) is 0 Å². The molecule has 0 amide bonds. The first-order valence-electron chi connectivity index (χ1n) is 8.19. The molecule has 23 heavy (non-hydrogen) atoms. The summed E-state index contributed by atoms with van der Waals surface area (Å²) in [6, 6.07) is 3.90. The van der Waals surface area contributed by atoms with E-state index in [-0.39, 0.29) is 12.5 Å². The van der Waals surface area contributed by atoms with Crippen molar-refractivity contribution >= 4 is 0 Å². The van der Waals surface area contributed by atoms with Crippen LogP contribution in [-0.2, 0) is 6.54 Å². The normalized spacial score (nSPS) is 20.3. The number of methoxy groups -OCH3 is 1. The zero-order valence-electron chi connectivity index (χ0n) is 13.5. The van der Waals surface area contributed by atoms with E-state index in [0.717, 1.165) is 55.3 Å². The summed E-state index contributed by atoms with van der Waals surface area (Å²) in [4.78, 5) is 2.34. The second-order valence-corrected chi connectivity index (χ2v) is 6.17. The lowest BCUT2D eigenvalue weighted by Crippen LogP contribution is -2.38. The van der Waals surface area contributed by atoms with Gasteiger partial charge in [0.05, 0.1) is 19.8 Å². The lowest BCUT2D eigenvalue weighted by molar-refractivity contribution is 0.0171. The second kappa shape index (κ2) is 7.38. The summed E-state index contributed by atoms with van der Waals surface area (Å²) in [6.07, 6.45) is 1.20. The fraction of sp³-hybridized carbons (Fsp3) is 0.647. The van der Waals surface area contributed by atoms with E-state index in [4.69, 9.17) is 19.3 Å². The van der Waals surface area contributed by atoms with Gasteiger partial charge in [0.15, 0.2) is 11.5 Å². The summed E-state index contributed by atoms with van der Waals surface area (Å²) in [5, 5.41) is 18.8. The van der Waals surface area contributed by atoms with E-state index in [9.17, 15) is 5.11 Å². The fourth-order valence-electron chi connectivity index (χ4n) is 3.31. The number of likely N-dealkylation sites (tertiary alicyclic amines) is 1. The average molecular weight is 323 g/mol. The molecule has 0 saturated carbocycles. The molecule has 2 heterocycles. The molecule has 1 saturated heterocycles. The van der Waals surface area contributed by atoms with Crippen molar-refractivity contribution in [2.24, 2.45) is 5.92 Å². The van der Waals surface area contributed by atoms with Crippen molar-refractivity contribution in [2.75, 3.05) is 40.0 Å². The van der Waals surface area contributed by atoms with Gasteiger partial charge in [-0.15, -0.1) is 0 Å². The van der Waals surface area contributed by atoms with Crippen LogP contribution in [0.15, 0.2) is 12.1 Å². The maximum absolute atomic E-state index is 9.75. The Kier molecular flexibility index (Phi) is 5.25. The van der Waals surface area contributed by atoms with Gasteiger partial charge in [0.25, 0.3) is 0 Å². The number of aliphatic hydroxyl groups is 2. The SMILES string of the molecule is COc1cc2c(cc1CN1CCC(C(O)CO)CC1)OCCO2. The second-order valence-electron chi connectivity index (χ2n) is 6.17. The van der Waals surface area contributed by atoms with Crippen molar-refractivity contribution < 1.29 is 24.4 Å². The van der Waals surface area contributed by atoms with Crippen LogP contribution in [0.25, 0.3) is 0 Å². The van der Waals surface area contributed by atoms with Crippen LogP contribution in [0.2, 0.25) is 0 Å². The molecular weight excluding hydrogens is 298 g/mol. The van der Waals surface area contributed by atoms with E-state index in [0.29, 0.717) is 13.2 Å². The van der Waals surface area contributed by atoms with Gasteiger partial charge in [0, 0.05) is 18.2 Å². The van der Waals surface area contributed by atoms with E-state index in [1.54, 1.807) is 7.11 Å². The summed E-state index contributed by atoms with van der Waals surface area (Å²) in [5.41, 5.74) is 1.08. The molecule has 1 atom stereocenters. The molecule has 0 aromatic heterocycles. The first kappa shape index (κ1) is 16.4. The molecule has 2 N–H and O–H groups in total. The van der Waals surface area contributed by atoms with Crippen molar-refractivity contribution in [2.45, 2.75) is 25.5 Å². The predicted molar refractivity (Wildman–Crippen MR) is 85.1 cm³/mol. The Morgan fingerprint density at radius 3 is 2.48 bits per heavy atom. The quantitative estimate of drug-likeness (QED) is 0.843. The van der Waals surface area contributed by atoms with Crippen LogP contribution in [0.1, 0.15) is 18.4 Å². The zero-order chi connectivity index (χ0) is 16.2. The number of aliphatic hydroxyl groups excluding tert-OH is 2. The smallest absolute Gasteiger partial charge is 0.165 e. The van der Waals surface area contributed by atoms with Gasteiger partial charge in [-0.05, 0) is 37.9 Å². The standard InChI is InChI=1S/C17H25NO5/c1-21-15-9-17-16(22-6-7-23-17)8-13(15)10-18-4-2-12(3-5-18)14(20)11-19/h8-9,12,14,19-20H,2-7,10-11H2,1H3. The van der Waals surface area contributed by atoms with E-state index >= 15 is 0 Å². The number of fused-ring (bicyclic) bond motifs is 1. The number of hydrogen-bond donors (Lipinski definition) is 2. The van der Waals surface area contributed by atoms with Crippen molar-refractivity contribution in [1.29, 1.82) is 0 Å². The Balaban J connectivity index is 1.66. The number of hydrogen-bond acceptors (Lipinski definition) is 6. The molecule has 0 radical (unpaired) electrons. The summed E-state index contributed by atoms with van der Waals surface area (Å²) in [5.74, 6) is 2.52. The number of ether oxygens (including phenoxy) is 3. The number of rotatable bonds is 5. The van der Waals surface area contributed by atoms with Crippen LogP contribution >= 0.6 is 0 Å². The minimum Gasteiger partial charge on any atom is -0.496 e. The average Bonchev–Trinajstić information content (AvgIpc) is 2.61. The Hall–Kier alpha value is -1.50. The molecule has 0 aliphatic carbocycles. The summed E-state index contributed by atoms with van der Waals surface area (Å²) >= 11 is 0. The van der Waals surface area contributed by atoms with Gasteiger partial charge in [-0.1, -0.05) is 0 Å². The van der Waals surface area contributed by atoms with Gasteiger partial charge in [0.1, 0.15) is 19.0 Å². The Bertz CT molecular complexity index is 528. The number of nitrogens with zero attached hydrogens (tertiary/aromatic N) is 1. The Morgan fingerprint density at radius 2 is 1.87 bits per heavy atom. The highest BCUT2D eigenvalue weighted by atomic mass is 16.6. The minimum absolute atomic E-state index is 0.152. The van der Waals surface area contributed by atoms with Crippen LogP contribution in [0, 0.1) is 5.92 Å². The maximum Gasteiger partial charge on any atom is 0.165 e. The third-order valence-electron chi connectivity index (χ3n) is 4.70. The predicted octanol–water partition coefficient (Wildman–Crippen LogP) is 1.03. The third-order valence-corrected chi connectivity index (χ3v) is 4.70. The first-order chi connectivity index (χ1) is 11.2. The van der Waals surface area contributed by atoms with Gasteiger partial charge in [-0.2, -0.15) is 0 Å². The molecule has 1 aromatic rings. The van der Waals surface area contributed by atoms with E-state index in [2.05, 4.69) is 4.90 Å². The molecule has 1 fully saturated rings. The molecule has 3 rings (SSSR count). The number of benzene rings is 1. The van der Waals surface area contributed by atoms with Gasteiger partial charge >= 0.3 is 0 Å². The number of piperidine rings is 1. The van der Waals surface area contributed by atoms with Crippen molar-refractivity contribution in [3.8, 4) is 17.2 Å². The van der Waals surface area contributed by atoms with Gasteiger partial charge in [-0.3, -0.25) is 4.90 Å². The molecule has 2 aliphatic heterocycles. The molecule has 1 unspecified atom stereocenters. The van der Waals surface area contributed by atoms with Gasteiger partial charge < -0.3 is 24.4 Å². The zero-order valence-corrected chi connectivity index (χ0v) is 13.5. The van der Waals surface area contributed by atoms with Crippen LogP contribution < -0.4 is 14.2 Å². The van der Waals surface area contributed by atoms with Crippen LogP contribution in [0.4, 0.5) is 0 Å². The Morgan fingerprint density at radius 1 is 1.22 bits per heavy atom. The highest BCUT2D eigenvalue weighted by Gasteiger charge is 2.26. The molecule has 2 aliphatic rings. The lowest BCUT2D eigenvalue weighted by Gasteiger charge is -2.34. The van der Waals surface area contributed by atoms with E-state index in [1.807, 2.05) is 12.1 Å². The van der Waals surface area contributed by atoms with Gasteiger partial charge in [0.2, 0.25) is 0 Å². The highest BCUT2D eigenvalue weighted by Crippen LogP contribution is 2.37. The minimum atomic E-state index is -0.596. The van der Waals surface area contributed by atoms with Crippen molar-refractivity contribution in [3.63, 3.8) is 0 Å². The monoisotopic (exact) mass is 323 g/mol. The Labute approximate surface area is 136 Å². The van der Waals surface area contributed by atoms with Crippen LogP contribution in [-0.4, -0.2) is 61.2 Å². The molecule has 6 nitrogen and oxygen atoms in total. The lowest BCUT2D eigenvalue weighted by atomic mass is 9.91. The summed E-state index contributed by atoms with van der Waals surface area (Å²) in [6.45, 7) is 3.57. The van der Waals surface area contributed by atoms with E-state index in [1.165, 1.54) is 0 Å². The first-order valence-corrected chi connectivity index (χ1v) is 8.19. The fourth-order valence-corrected chi connectivity index (χ4v) is 3.31. The largest absolute Gasteiger partial charge is 0.496 e. The highest BCUT2D eigenvalue weighted by molar-refractivity contribution is 5.51. The topological polar surface area (TPSA) is 71.4 Å². The summed E-state index contributed by atoms with van der Waals surface area (Å²) < 4.78 is 16.7. The van der Waals surface area contributed by atoms with Crippen molar-refractivity contribution in [1.82, 2.24) is 4.90 Å². The molecule has 128 valence electrons. The molecule has 6 heteroatoms. The van der Waals surface area contributed by atoms with E-state index < -0.39 is 6.10 Å². The third kappa shape index (κ3) is 3.71. The van der Waals surface area contributed by atoms with Crippen molar-refractivity contribution in [3.05, 3.63) is 17.7 Å². The molecule has 1 aromatic carbocycles. The van der Waals surface area contributed by atoms with Crippen LogP contribution in [0.5, 0.6) is 17.2 Å². The molecular formula is C17H25NO5.